The van der Waals surface area contributed by atoms with E-state index in [2.05, 4.69) is 20.9 Å². The van der Waals surface area contributed by atoms with Crippen LogP contribution in [0.4, 0.5) is 5.69 Å². The van der Waals surface area contributed by atoms with Crippen molar-refractivity contribution in [1.29, 1.82) is 0 Å². The number of nitrogens with zero attached hydrogens (tertiary/aromatic N) is 2. The van der Waals surface area contributed by atoms with Crippen LogP contribution < -0.4 is 0 Å². The van der Waals surface area contributed by atoms with Crippen LogP contribution in [0.3, 0.4) is 0 Å². The number of aromatic nitrogens is 1. The monoisotopic (exact) mass is 260 g/mol. The van der Waals surface area contributed by atoms with Crippen LogP contribution >= 0.6 is 15.9 Å². The number of hydrogen-bond donors (Lipinski definition) is 1. The van der Waals surface area contributed by atoms with Gasteiger partial charge in [0.05, 0.1) is 21.5 Å². The number of aliphatic carboxylic acids is 1. The maximum Gasteiger partial charge on any atom is 0.309 e. The molecule has 0 fully saturated rings. The number of halogens is 1. The van der Waals surface area contributed by atoms with Gasteiger partial charge in [-0.25, -0.2) is 0 Å². The van der Waals surface area contributed by atoms with E-state index in [4.69, 9.17) is 5.11 Å². The minimum Gasteiger partial charge on any atom is -0.481 e. The van der Waals surface area contributed by atoms with Crippen LogP contribution in [0, 0.1) is 10.1 Å². The summed E-state index contributed by atoms with van der Waals surface area (Å²) in [6.45, 7) is 0. The van der Waals surface area contributed by atoms with Crippen molar-refractivity contribution in [3.63, 3.8) is 0 Å². The Morgan fingerprint density at radius 3 is 2.79 bits per heavy atom. The van der Waals surface area contributed by atoms with Gasteiger partial charge in [0.1, 0.15) is 6.20 Å². The molecule has 0 aliphatic rings. The van der Waals surface area contributed by atoms with Crippen molar-refractivity contribution in [3.05, 3.63) is 32.5 Å². The summed E-state index contributed by atoms with van der Waals surface area (Å²) >= 11 is 2.96. The lowest BCUT2D eigenvalue weighted by Crippen LogP contribution is -2.03. The Morgan fingerprint density at radius 2 is 2.36 bits per heavy atom. The zero-order valence-electron chi connectivity index (χ0n) is 6.81. The summed E-state index contributed by atoms with van der Waals surface area (Å²) in [7, 11) is 0. The van der Waals surface area contributed by atoms with Gasteiger partial charge in [-0.2, -0.15) is 0 Å². The van der Waals surface area contributed by atoms with E-state index in [1.807, 2.05) is 0 Å². The van der Waals surface area contributed by atoms with Crippen LogP contribution in [0.1, 0.15) is 5.69 Å². The third-order valence-corrected chi connectivity index (χ3v) is 2.05. The van der Waals surface area contributed by atoms with Crippen molar-refractivity contribution >= 4 is 27.6 Å². The molecular formula is C7H5BrN2O4. The average Bonchev–Trinajstić information content (AvgIpc) is 2.01. The second-order valence-corrected chi connectivity index (χ2v) is 3.31. The van der Waals surface area contributed by atoms with Crippen LogP contribution in [-0.4, -0.2) is 21.0 Å². The Hall–Kier alpha value is -1.50. The van der Waals surface area contributed by atoms with E-state index >= 15 is 0 Å². The van der Waals surface area contributed by atoms with Crippen molar-refractivity contribution < 1.29 is 14.8 Å². The van der Waals surface area contributed by atoms with Crippen molar-refractivity contribution in [2.24, 2.45) is 0 Å². The van der Waals surface area contributed by atoms with Crippen LogP contribution in [-0.2, 0) is 11.2 Å². The lowest BCUT2D eigenvalue weighted by Gasteiger charge is -1.98. The molecule has 0 amide bonds. The topological polar surface area (TPSA) is 93.3 Å². The molecule has 74 valence electrons. The predicted molar refractivity (Wildman–Crippen MR) is 49.9 cm³/mol. The molecule has 1 aromatic heterocycles. The lowest BCUT2D eigenvalue weighted by molar-refractivity contribution is -0.386. The molecular weight excluding hydrogens is 256 g/mol. The van der Waals surface area contributed by atoms with Crippen molar-refractivity contribution in [2.75, 3.05) is 0 Å². The smallest absolute Gasteiger partial charge is 0.309 e. The Kier molecular flexibility index (Phi) is 3.13. The molecule has 1 heterocycles. The normalized spacial score (nSPS) is 9.79. The Balaban J connectivity index is 3.00. The highest BCUT2D eigenvalue weighted by Gasteiger charge is 2.13. The molecule has 6 nitrogen and oxygen atoms in total. The minimum absolute atomic E-state index is 0.181. The molecule has 14 heavy (non-hydrogen) atoms. The van der Waals surface area contributed by atoms with Gasteiger partial charge in [-0.05, 0) is 22.0 Å². The summed E-state index contributed by atoms with van der Waals surface area (Å²) in [6.07, 6.45) is 0.777. The highest BCUT2D eigenvalue weighted by Crippen LogP contribution is 2.23. The summed E-state index contributed by atoms with van der Waals surface area (Å²) in [4.78, 5) is 23.7. The predicted octanol–water partition coefficient (Wildman–Crippen LogP) is 1.38. The van der Waals surface area contributed by atoms with Gasteiger partial charge in [0, 0.05) is 0 Å². The number of carboxylic acid groups (broad SMARTS) is 1. The van der Waals surface area contributed by atoms with E-state index < -0.39 is 10.9 Å². The largest absolute Gasteiger partial charge is 0.481 e. The van der Waals surface area contributed by atoms with Gasteiger partial charge in [-0.3, -0.25) is 19.9 Å². The fourth-order valence-electron chi connectivity index (χ4n) is 0.849. The van der Waals surface area contributed by atoms with Gasteiger partial charge in [-0.15, -0.1) is 0 Å². The molecule has 0 aliphatic heterocycles. The zero-order valence-corrected chi connectivity index (χ0v) is 8.39. The first-order chi connectivity index (χ1) is 6.50. The molecule has 0 spiro atoms. The van der Waals surface area contributed by atoms with Crippen LogP contribution in [0.15, 0.2) is 16.7 Å². The van der Waals surface area contributed by atoms with E-state index in [-0.39, 0.29) is 22.3 Å². The highest BCUT2D eigenvalue weighted by atomic mass is 79.9. The maximum absolute atomic E-state index is 10.4. The molecule has 1 aromatic rings. The third kappa shape index (κ3) is 2.49. The number of carboxylic acids is 1. The van der Waals surface area contributed by atoms with Gasteiger partial charge < -0.3 is 5.11 Å². The molecule has 0 saturated heterocycles. The Labute approximate surface area is 86.9 Å². The number of nitro groups is 1. The van der Waals surface area contributed by atoms with E-state index in [0.29, 0.717) is 0 Å². The van der Waals surface area contributed by atoms with E-state index in [9.17, 15) is 14.9 Å². The minimum atomic E-state index is -1.03. The van der Waals surface area contributed by atoms with Gasteiger partial charge in [0.25, 0.3) is 0 Å². The number of hydrogen-bond acceptors (Lipinski definition) is 4. The summed E-state index contributed by atoms with van der Waals surface area (Å²) in [5.41, 5.74) is 0.0918. The number of rotatable bonds is 3. The van der Waals surface area contributed by atoms with E-state index in [0.717, 1.165) is 6.20 Å². The molecule has 0 bridgehead atoms. The second kappa shape index (κ2) is 4.14. The summed E-state index contributed by atoms with van der Waals surface area (Å²) in [6, 6.07) is 1.33. The molecule has 0 aliphatic carbocycles. The summed E-state index contributed by atoms with van der Waals surface area (Å²) in [5.74, 6) is -1.03. The van der Waals surface area contributed by atoms with Gasteiger partial charge in [-0.1, -0.05) is 0 Å². The first-order valence-corrected chi connectivity index (χ1v) is 4.30. The third-order valence-electron chi connectivity index (χ3n) is 1.42. The fourth-order valence-corrected chi connectivity index (χ4v) is 1.36. The first kappa shape index (κ1) is 10.6. The molecule has 1 rings (SSSR count). The average molecular weight is 261 g/mol. The van der Waals surface area contributed by atoms with E-state index in [1.165, 1.54) is 6.07 Å². The van der Waals surface area contributed by atoms with Crippen LogP contribution in [0.5, 0.6) is 0 Å². The molecule has 0 saturated carbocycles. The molecule has 0 radical (unpaired) electrons. The number of pyridine rings is 1. The molecule has 0 unspecified atom stereocenters. The van der Waals surface area contributed by atoms with Crippen molar-refractivity contribution in [3.8, 4) is 0 Å². The second-order valence-electron chi connectivity index (χ2n) is 2.45. The fraction of sp³-hybridized carbons (Fsp3) is 0.143. The summed E-state index contributed by atoms with van der Waals surface area (Å²) < 4.78 is 0.230. The van der Waals surface area contributed by atoms with Crippen LogP contribution in [0.2, 0.25) is 0 Å². The first-order valence-electron chi connectivity index (χ1n) is 3.51. The Bertz CT molecular complexity index is 393. The molecule has 0 atom stereocenters. The molecule has 0 aromatic carbocycles. The SMILES string of the molecule is O=C(O)Cc1cc(Br)c([N+](=O)[O-])cn1. The lowest BCUT2D eigenvalue weighted by atomic mass is 10.2. The van der Waals surface area contributed by atoms with Gasteiger partial charge in [0.2, 0.25) is 0 Å². The quantitative estimate of drug-likeness (QED) is 0.655. The van der Waals surface area contributed by atoms with Crippen molar-refractivity contribution in [2.45, 2.75) is 6.42 Å². The van der Waals surface area contributed by atoms with Gasteiger partial charge in [0.15, 0.2) is 0 Å². The Morgan fingerprint density at radius 1 is 1.71 bits per heavy atom. The summed E-state index contributed by atoms with van der Waals surface area (Å²) in [5, 5.41) is 18.8. The maximum atomic E-state index is 10.4. The van der Waals surface area contributed by atoms with Gasteiger partial charge >= 0.3 is 11.7 Å². The molecule has 1 N–H and O–H groups in total. The van der Waals surface area contributed by atoms with Crippen LogP contribution in [0.25, 0.3) is 0 Å². The van der Waals surface area contributed by atoms with Crippen molar-refractivity contribution in [1.82, 2.24) is 4.98 Å². The zero-order chi connectivity index (χ0) is 10.7. The van der Waals surface area contributed by atoms with E-state index in [1.54, 1.807) is 0 Å². The molecule has 7 heteroatoms. The highest BCUT2D eigenvalue weighted by molar-refractivity contribution is 9.10. The standard InChI is InChI=1S/C7H5BrN2O4/c8-5-1-4(2-7(11)12)9-3-6(5)10(13)14/h1,3H,2H2,(H,11,12). The number of carbonyl (C=O) groups is 1.